The van der Waals surface area contributed by atoms with E-state index in [4.69, 9.17) is 0 Å². The average Bonchev–Trinajstić information content (AvgIpc) is 2.36. The minimum atomic E-state index is -0.0994. The molecule has 0 saturated heterocycles. The van der Waals surface area contributed by atoms with Crippen LogP contribution in [0.15, 0.2) is 24.3 Å². The Kier molecular flexibility index (Phi) is 2.88. The number of benzene rings is 1. The van der Waals surface area contributed by atoms with Crippen molar-refractivity contribution >= 4 is 16.6 Å². The zero-order valence-corrected chi connectivity index (χ0v) is 10.4. The van der Waals surface area contributed by atoms with Crippen molar-refractivity contribution in [2.75, 3.05) is 11.9 Å². The number of aliphatic hydroxyl groups is 1. The van der Waals surface area contributed by atoms with Gasteiger partial charge in [0.25, 0.3) is 0 Å². The fraction of sp³-hybridized carbons (Fsp3) is 0.429. The van der Waals surface area contributed by atoms with Crippen molar-refractivity contribution in [3.63, 3.8) is 0 Å². The third kappa shape index (κ3) is 2.04. The molecule has 94 valence electrons. The summed E-state index contributed by atoms with van der Waals surface area (Å²) in [6.45, 7) is 2.83. The fourth-order valence-electron chi connectivity index (χ4n) is 2.48. The van der Waals surface area contributed by atoms with Gasteiger partial charge < -0.3 is 10.4 Å². The van der Waals surface area contributed by atoms with Crippen molar-refractivity contribution in [3.8, 4) is 0 Å². The van der Waals surface area contributed by atoms with E-state index in [-0.39, 0.29) is 6.10 Å². The van der Waals surface area contributed by atoms with Gasteiger partial charge in [-0.2, -0.15) is 5.10 Å². The number of nitrogens with zero attached hydrogens (tertiary/aromatic N) is 2. The first-order valence-corrected chi connectivity index (χ1v) is 6.38. The van der Waals surface area contributed by atoms with Gasteiger partial charge in [-0.05, 0) is 25.7 Å². The van der Waals surface area contributed by atoms with E-state index in [0.29, 0.717) is 5.92 Å². The van der Waals surface area contributed by atoms with Crippen LogP contribution < -0.4 is 5.32 Å². The van der Waals surface area contributed by atoms with Gasteiger partial charge in [-0.3, -0.25) is 0 Å². The lowest BCUT2D eigenvalue weighted by molar-refractivity contribution is 0.0486. The first kappa shape index (κ1) is 11.4. The Hall–Kier alpha value is -1.68. The summed E-state index contributed by atoms with van der Waals surface area (Å²) in [5.41, 5.74) is 0.954. The molecule has 4 heteroatoms. The largest absolute Gasteiger partial charge is 0.393 e. The van der Waals surface area contributed by atoms with E-state index in [1.807, 2.05) is 19.1 Å². The normalized spacial score (nSPS) is 22.8. The van der Waals surface area contributed by atoms with E-state index < -0.39 is 0 Å². The second-order valence-electron chi connectivity index (χ2n) is 5.05. The van der Waals surface area contributed by atoms with Gasteiger partial charge in [-0.15, -0.1) is 5.10 Å². The lowest BCUT2D eigenvalue weighted by atomic mass is 9.82. The highest BCUT2D eigenvalue weighted by Gasteiger charge is 2.26. The van der Waals surface area contributed by atoms with Crippen molar-refractivity contribution in [1.29, 1.82) is 0 Å². The molecule has 1 heterocycles. The molecular weight excluding hydrogens is 226 g/mol. The highest BCUT2D eigenvalue weighted by molar-refractivity contribution is 5.92. The Balaban J connectivity index is 1.81. The summed E-state index contributed by atoms with van der Waals surface area (Å²) in [6.07, 6.45) is 1.69. The van der Waals surface area contributed by atoms with Crippen LogP contribution in [0.4, 0.5) is 5.82 Å². The van der Waals surface area contributed by atoms with Gasteiger partial charge in [0.15, 0.2) is 5.82 Å². The van der Waals surface area contributed by atoms with Crippen LogP contribution in [0, 0.1) is 12.8 Å². The first-order valence-electron chi connectivity index (χ1n) is 6.38. The Bertz CT molecular complexity index is 564. The number of fused-ring (bicyclic) bond motifs is 1. The molecule has 0 unspecified atom stereocenters. The predicted molar refractivity (Wildman–Crippen MR) is 71.5 cm³/mol. The quantitative estimate of drug-likeness (QED) is 0.867. The number of aromatic nitrogens is 2. The smallest absolute Gasteiger partial charge is 0.156 e. The van der Waals surface area contributed by atoms with E-state index in [1.165, 1.54) is 0 Å². The molecule has 3 rings (SSSR count). The molecular formula is C14H17N3O. The number of anilines is 1. The van der Waals surface area contributed by atoms with Gasteiger partial charge in [0, 0.05) is 17.3 Å². The predicted octanol–water partition coefficient (Wildman–Crippen LogP) is 2.12. The lowest BCUT2D eigenvalue weighted by Crippen LogP contribution is -2.33. The molecule has 1 aromatic heterocycles. The van der Waals surface area contributed by atoms with E-state index >= 15 is 0 Å². The third-order valence-corrected chi connectivity index (χ3v) is 3.64. The molecule has 2 N–H and O–H groups in total. The molecule has 1 aliphatic rings. The van der Waals surface area contributed by atoms with Crippen molar-refractivity contribution in [2.24, 2.45) is 5.92 Å². The second kappa shape index (κ2) is 4.53. The summed E-state index contributed by atoms with van der Waals surface area (Å²) < 4.78 is 0. The zero-order chi connectivity index (χ0) is 12.5. The Morgan fingerprint density at radius 3 is 2.67 bits per heavy atom. The summed E-state index contributed by atoms with van der Waals surface area (Å²) in [7, 11) is 0. The number of aliphatic hydroxyl groups excluding tert-OH is 1. The van der Waals surface area contributed by atoms with Gasteiger partial charge in [-0.25, -0.2) is 0 Å². The molecule has 0 spiro atoms. The van der Waals surface area contributed by atoms with E-state index in [0.717, 1.165) is 41.7 Å². The number of hydrogen-bond acceptors (Lipinski definition) is 4. The summed E-state index contributed by atoms with van der Waals surface area (Å²) in [5.74, 6) is 1.40. The molecule has 0 radical (unpaired) electrons. The summed E-state index contributed by atoms with van der Waals surface area (Å²) >= 11 is 0. The number of rotatable bonds is 3. The molecule has 0 amide bonds. The summed E-state index contributed by atoms with van der Waals surface area (Å²) in [4.78, 5) is 0. The van der Waals surface area contributed by atoms with E-state index in [1.54, 1.807) is 0 Å². The Morgan fingerprint density at radius 2 is 1.94 bits per heavy atom. The van der Waals surface area contributed by atoms with E-state index in [9.17, 15) is 5.11 Å². The zero-order valence-electron chi connectivity index (χ0n) is 10.4. The van der Waals surface area contributed by atoms with Gasteiger partial charge >= 0.3 is 0 Å². The average molecular weight is 243 g/mol. The first-order chi connectivity index (χ1) is 8.74. The van der Waals surface area contributed by atoms with Crippen molar-refractivity contribution < 1.29 is 5.11 Å². The summed E-state index contributed by atoms with van der Waals surface area (Å²) in [6, 6.07) is 8.16. The Morgan fingerprint density at radius 1 is 1.22 bits per heavy atom. The van der Waals surface area contributed by atoms with Crippen LogP contribution in [0.3, 0.4) is 0 Å². The number of nitrogens with one attached hydrogen (secondary N) is 1. The minimum absolute atomic E-state index is 0.0994. The molecule has 1 aromatic carbocycles. The second-order valence-corrected chi connectivity index (χ2v) is 5.05. The van der Waals surface area contributed by atoms with Crippen LogP contribution >= 0.6 is 0 Å². The molecule has 1 aliphatic carbocycles. The molecule has 0 aliphatic heterocycles. The number of aryl methyl sites for hydroxylation is 1. The van der Waals surface area contributed by atoms with Crippen molar-refractivity contribution in [1.82, 2.24) is 10.2 Å². The van der Waals surface area contributed by atoms with Crippen LogP contribution in [0.1, 0.15) is 18.5 Å². The molecule has 2 aromatic rings. The SMILES string of the molecule is Cc1nnc(NCC2CC(O)C2)c2ccccc12. The van der Waals surface area contributed by atoms with Crippen LogP contribution in [-0.4, -0.2) is 28.0 Å². The van der Waals surface area contributed by atoms with Crippen LogP contribution in [0.2, 0.25) is 0 Å². The lowest BCUT2D eigenvalue weighted by Gasteiger charge is -2.31. The Labute approximate surface area is 106 Å². The van der Waals surface area contributed by atoms with Gasteiger partial charge in [0.1, 0.15) is 0 Å². The highest BCUT2D eigenvalue weighted by Crippen LogP contribution is 2.28. The molecule has 4 nitrogen and oxygen atoms in total. The van der Waals surface area contributed by atoms with Crippen LogP contribution in [0.25, 0.3) is 10.8 Å². The fourth-order valence-corrected chi connectivity index (χ4v) is 2.48. The van der Waals surface area contributed by atoms with E-state index in [2.05, 4.69) is 27.6 Å². The minimum Gasteiger partial charge on any atom is -0.393 e. The van der Waals surface area contributed by atoms with Crippen LogP contribution in [0.5, 0.6) is 0 Å². The monoisotopic (exact) mass is 243 g/mol. The molecule has 0 bridgehead atoms. The van der Waals surface area contributed by atoms with Gasteiger partial charge in [0.05, 0.1) is 11.8 Å². The molecule has 18 heavy (non-hydrogen) atoms. The third-order valence-electron chi connectivity index (χ3n) is 3.64. The van der Waals surface area contributed by atoms with Gasteiger partial charge in [0.2, 0.25) is 0 Å². The van der Waals surface area contributed by atoms with Gasteiger partial charge in [-0.1, -0.05) is 24.3 Å². The molecule has 0 atom stereocenters. The number of hydrogen-bond donors (Lipinski definition) is 2. The maximum Gasteiger partial charge on any atom is 0.156 e. The maximum absolute atomic E-state index is 9.27. The topological polar surface area (TPSA) is 58.0 Å². The summed E-state index contributed by atoms with van der Waals surface area (Å²) in [5, 5.41) is 23.3. The molecule has 1 fully saturated rings. The van der Waals surface area contributed by atoms with Crippen molar-refractivity contribution in [2.45, 2.75) is 25.9 Å². The van der Waals surface area contributed by atoms with Crippen LogP contribution in [-0.2, 0) is 0 Å². The maximum atomic E-state index is 9.27. The standard InChI is InChI=1S/C14H17N3O/c1-9-12-4-2-3-5-13(12)14(17-16-9)15-8-10-6-11(18)7-10/h2-5,10-11,18H,6-8H2,1H3,(H,15,17). The molecule has 1 saturated carbocycles. The van der Waals surface area contributed by atoms with Crippen molar-refractivity contribution in [3.05, 3.63) is 30.0 Å². The highest BCUT2D eigenvalue weighted by atomic mass is 16.3.